The van der Waals surface area contributed by atoms with Crippen LogP contribution in [0.1, 0.15) is 5.56 Å². The lowest BCUT2D eigenvalue weighted by Crippen LogP contribution is -2.32. The smallest absolute Gasteiger partial charge is 0.329 e. The number of nitrogens with zero attached hydrogens (tertiary/aromatic N) is 1. The van der Waals surface area contributed by atoms with Gasteiger partial charge in [0.25, 0.3) is 0 Å². The van der Waals surface area contributed by atoms with Crippen LogP contribution in [0.4, 0.5) is 5.69 Å². The maximum Gasteiger partial charge on any atom is 0.329 e. The quantitative estimate of drug-likeness (QED) is 0.498. The first-order valence-electron chi connectivity index (χ1n) is 7.05. The number of nitrogens with one attached hydrogen (secondary N) is 2. The van der Waals surface area contributed by atoms with Gasteiger partial charge in [-0.25, -0.2) is 5.43 Å². The summed E-state index contributed by atoms with van der Waals surface area (Å²) in [4.78, 5) is 23.4. The number of ether oxygens (including phenoxy) is 2. The van der Waals surface area contributed by atoms with E-state index >= 15 is 0 Å². The van der Waals surface area contributed by atoms with Crippen LogP contribution in [0, 0.1) is 0 Å². The Hall–Kier alpha value is -3.35. The first kappa shape index (κ1) is 17.0. The molecule has 0 bridgehead atoms. The van der Waals surface area contributed by atoms with E-state index in [1.807, 2.05) is 6.07 Å². The van der Waals surface area contributed by atoms with Crippen LogP contribution in [-0.2, 0) is 9.59 Å². The Labute approximate surface area is 139 Å². The topological polar surface area (TPSA) is 89.0 Å². The van der Waals surface area contributed by atoms with Gasteiger partial charge in [0.15, 0.2) is 11.5 Å². The first-order chi connectivity index (χ1) is 11.6. The number of methoxy groups -OCH3 is 2. The van der Waals surface area contributed by atoms with Gasteiger partial charge in [0.2, 0.25) is 0 Å². The minimum absolute atomic E-state index is 0.529. The number of para-hydroxylation sites is 1. The molecule has 0 aliphatic heterocycles. The predicted molar refractivity (Wildman–Crippen MR) is 90.4 cm³/mol. The van der Waals surface area contributed by atoms with Crippen molar-refractivity contribution in [2.24, 2.45) is 5.10 Å². The van der Waals surface area contributed by atoms with E-state index < -0.39 is 11.8 Å². The van der Waals surface area contributed by atoms with Crippen LogP contribution in [0.5, 0.6) is 11.5 Å². The molecule has 0 spiro atoms. The highest BCUT2D eigenvalue weighted by molar-refractivity contribution is 6.39. The van der Waals surface area contributed by atoms with Gasteiger partial charge in [0.05, 0.1) is 20.4 Å². The van der Waals surface area contributed by atoms with Gasteiger partial charge >= 0.3 is 11.8 Å². The molecule has 24 heavy (non-hydrogen) atoms. The molecule has 2 N–H and O–H groups in total. The molecule has 0 radical (unpaired) electrons. The molecular weight excluding hydrogens is 310 g/mol. The number of amides is 2. The SMILES string of the molecule is COc1ccc(/C=N/NC(=O)C(=O)Nc2ccccc2)cc1OC. The molecule has 124 valence electrons. The fraction of sp³-hybridized carbons (Fsp3) is 0.118. The minimum Gasteiger partial charge on any atom is -0.493 e. The molecule has 0 aromatic heterocycles. The number of anilines is 1. The molecule has 2 aromatic carbocycles. The van der Waals surface area contributed by atoms with E-state index in [0.29, 0.717) is 22.7 Å². The second-order valence-corrected chi connectivity index (χ2v) is 4.63. The summed E-state index contributed by atoms with van der Waals surface area (Å²) < 4.78 is 10.3. The summed E-state index contributed by atoms with van der Waals surface area (Å²) >= 11 is 0. The summed E-state index contributed by atoms with van der Waals surface area (Å²) in [5, 5.41) is 6.22. The Kier molecular flexibility index (Phi) is 5.90. The number of carbonyl (C=O) groups excluding carboxylic acids is 2. The van der Waals surface area contributed by atoms with Crippen molar-refractivity contribution < 1.29 is 19.1 Å². The number of hydrazone groups is 1. The maximum absolute atomic E-state index is 11.7. The third-order valence-electron chi connectivity index (χ3n) is 3.03. The normalized spacial score (nSPS) is 10.2. The van der Waals surface area contributed by atoms with Crippen molar-refractivity contribution >= 4 is 23.7 Å². The van der Waals surface area contributed by atoms with Crippen LogP contribution in [0.25, 0.3) is 0 Å². The highest BCUT2D eigenvalue weighted by atomic mass is 16.5. The van der Waals surface area contributed by atoms with Gasteiger partial charge in [-0.1, -0.05) is 18.2 Å². The van der Waals surface area contributed by atoms with E-state index in [1.54, 1.807) is 42.5 Å². The summed E-state index contributed by atoms with van der Waals surface area (Å²) in [6, 6.07) is 13.8. The van der Waals surface area contributed by atoms with Gasteiger partial charge in [-0.05, 0) is 35.9 Å². The molecule has 2 rings (SSSR count). The Balaban J connectivity index is 1.93. The molecule has 7 nitrogen and oxygen atoms in total. The van der Waals surface area contributed by atoms with Gasteiger partial charge < -0.3 is 14.8 Å². The fourth-order valence-electron chi connectivity index (χ4n) is 1.86. The van der Waals surface area contributed by atoms with Gasteiger partial charge in [-0.2, -0.15) is 5.10 Å². The van der Waals surface area contributed by atoms with E-state index in [-0.39, 0.29) is 0 Å². The molecule has 0 saturated carbocycles. The Bertz CT molecular complexity index is 745. The van der Waals surface area contributed by atoms with E-state index in [4.69, 9.17) is 9.47 Å². The number of hydrogen-bond acceptors (Lipinski definition) is 5. The average molecular weight is 327 g/mol. The number of rotatable bonds is 5. The lowest BCUT2D eigenvalue weighted by molar-refractivity contribution is -0.136. The lowest BCUT2D eigenvalue weighted by atomic mass is 10.2. The third-order valence-corrected chi connectivity index (χ3v) is 3.03. The summed E-state index contributed by atoms with van der Waals surface area (Å²) in [6.07, 6.45) is 1.40. The molecule has 0 aliphatic rings. The summed E-state index contributed by atoms with van der Waals surface area (Å²) in [7, 11) is 3.06. The number of benzene rings is 2. The molecule has 2 amide bonds. The van der Waals surface area contributed by atoms with Crippen molar-refractivity contribution in [3.05, 3.63) is 54.1 Å². The monoisotopic (exact) mass is 327 g/mol. The highest BCUT2D eigenvalue weighted by Crippen LogP contribution is 2.26. The van der Waals surface area contributed by atoms with Crippen molar-refractivity contribution in [3.63, 3.8) is 0 Å². The maximum atomic E-state index is 11.7. The molecule has 0 fully saturated rings. The van der Waals surface area contributed by atoms with Crippen molar-refractivity contribution in [1.82, 2.24) is 5.43 Å². The van der Waals surface area contributed by atoms with Gasteiger partial charge in [-0.15, -0.1) is 0 Å². The van der Waals surface area contributed by atoms with Crippen LogP contribution in [0.15, 0.2) is 53.6 Å². The van der Waals surface area contributed by atoms with Gasteiger partial charge in [0, 0.05) is 5.69 Å². The highest BCUT2D eigenvalue weighted by Gasteiger charge is 2.12. The van der Waals surface area contributed by atoms with E-state index in [0.717, 1.165) is 0 Å². The number of carbonyl (C=O) groups is 2. The van der Waals surface area contributed by atoms with Gasteiger partial charge in [-0.3, -0.25) is 9.59 Å². The predicted octanol–water partition coefficient (Wildman–Crippen LogP) is 1.79. The Morgan fingerprint density at radius 3 is 2.33 bits per heavy atom. The molecule has 0 atom stereocenters. The second-order valence-electron chi connectivity index (χ2n) is 4.63. The van der Waals surface area contributed by atoms with Crippen LogP contribution in [-0.4, -0.2) is 32.2 Å². The molecule has 0 aliphatic carbocycles. The zero-order chi connectivity index (χ0) is 17.4. The average Bonchev–Trinajstić information content (AvgIpc) is 2.62. The van der Waals surface area contributed by atoms with Crippen LogP contribution >= 0.6 is 0 Å². The summed E-state index contributed by atoms with van der Waals surface area (Å²) in [5.74, 6) is -0.545. The first-order valence-corrected chi connectivity index (χ1v) is 7.05. The Morgan fingerprint density at radius 1 is 0.958 bits per heavy atom. The molecule has 2 aromatic rings. The van der Waals surface area contributed by atoms with Crippen LogP contribution in [0.2, 0.25) is 0 Å². The lowest BCUT2D eigenvalue weighted by Gasteiger charge is -2.07. The van der Waals surface area contributed by atoms with Crippen LogP contribution < -0.4 is 20.2 Å². The summed E-state index contributed by atoms with van der Waals surface area (Å²) in [6.45, 7) is 0. The van der Waals surface area contributed by atoms with Gasteiger partial charge in [0.1, 0.15) is 0 Å². The molecule has 0 unspecified atom stereocenters. The van der Waals surface area contributed by atoms with Crippen molar-refractivity contribution in [3.8, 4) is 11.5 Å². The zero-order valence-electron chi connectivity index (χ0n) is 13.3. The largest absolute Gasteiger partial charge is 0.493 e. The van der Waals surface area contributed by atoms with Crippen molar-refractivity contribution in [2.75, 3.05) is 19.5 Å². The zero-order valence-corrected chi connectivity index (χ0v) is 13.3. The Morgan fingerprint density at radius 2 is 1.67 bits per heavy atom. The number of hydrogen-bond donors (Lipinski definition) is 2. The molecule has 7 heteroatoms. The fourth-order valence-corrected chi connectivity index (χ4v) is 1.86. The summed E-state index contributed by atoms with van der Waals surface area (Å²) in [5.41, 5.74) is 3.37. The van der Waals surface area contributed by atoms with Crippen molar-refractivity contribution in [1.29, 1.82) is 0 Å². The van der Waals surface area contributed by atoms with E-state index in [9.17, 15) is 9.59 Å². The van der Waals surface area contributed by atoms with Crippen molar-refractivity contribution in [2.45, 2.75) is 0 Å². The minimum atomic E-state index is -0.865. The standard InChI is InChI=1S/C17H17N3O4/c1-23-14-9-8-12(10-15(14)24-2)11-18-20-17(22)16(21)19-13-6-4-3-5-7-13/h3-11H,1-2H3,(H,19,21)(H,20,22)/b18-11+. The molecular formula is C17H17N3O4. The second kappa shape index (κ2) is 8.33. The van der Waals surface area contributed by atoms with Crippen LogP contribution in [0.3, 0.4) is 0 Å². The molecule has 0 heterocycles. The van der Waals surface area contributed by atoms with E-state index in [1.165, 1.54) is 20.4 Å². The third kappa shape index (κ3) is 4.57. The molecule has 0 saturated heterocycles. The van der Waals surface area contributed by atoms with E-state index in [2.05, 4.69) is 15.8 Å².